The molecule has 0 bridgehead atoms. The van der Waals surface area contributed by atoms with Gasteiger partial charge in [-0.2, -0.15) is 0 Å². The van der Waals surface area contributed by atoms with Crippen LogP contribution in [-0.2, 0) is 10.0 Å². The summed E-state index contributed by atoms with van der Waals surface area (Å²) >= 11 is 5.84. The molecule has 1 fully saturated rings. The van der Waals surface area contributed by atoms with E-state index in [4.69, 9.17) is 11.6 Å². The highest BCUT2D eigenvalue weighted by Crippen LogP contribution is 2.21. The van der Waals surface area contributed by atoms with E-state index in [1.54, 1.807) is 12.1 Å². The Balaban J connectivity index is 1.77. The Kier molecular flexibility index (Phi) is 6.09. The molecule has 1 atom stereocenters. The summed E-state index contributed by atoms with van der Waals surface area (Å²) in [5, 5.41) is 3.85. The van der Waals surface area contributed by atoms with Crippen LogP contribution in [0.1, 0.15) is 11.6 Å². The molecular weight excluding hydrogens is 358 g/mol. The van der Waals surface area contributed by atoms with Crippen molar-refractivity contribution in [2.45, 2.75) is 10.9 Å². The minimum absolute atomic E-state index is 0.00498. The summed E-state index contributed by atoms with van der Waals surface area (Å²) in [6.45, 7) is 3.93. The Bertz CT molecular complexity index is 776. The molecule has 1 aliphatic rings. The molecule has 2 aromatic rings. The number of nitrogens with zero attached hydrogens (tertiary/aromatic N) is 1. The molecule has 7 heteroatoms. The van der Waals surface area contributed by atoms with E-state index in [0.717, 1.165) is 31.7 Å². The summed E-state index contributed by atoms with van der Waals surface area (Å²) in [6.07, 6.45) is 0. The fourth-order valence-corrected chi connectivity index (χ4v) is 4.18. The van der Waals surface area contributed by atoms with Crippen molar-refractivity contribution in [3.63, 3.8) is 0 Å². The summed E-state index contributed by atoms with van der Waals surface area (Å²) < 4.78 is 27.9. The van der Waals surface area contributed by atoms with E-state index in [9.17, 15) is 8.42 Å². The number of piperazine rings is 1. The SMILES string of the molecule is O=S(=O)(NC[C@@H](c1ccccc1)N1CCNCC1)c1ccc(Cl)cc1. The number of hydrogen-bond donors (Lipinski definition) is 2. The average molecular weight is 380 g/mol. The molecule has 1 saturated heterocycles. The van der Waals surface area contributed by atoms with Gasteiger partial charge in [-0.25, -0.2) is 13.1 Å². The Labute approximate surface area is 154 Å². The molecule has 0 unspecified atom stereocenters. The maximum Gasteiger partial charge on any atom is 0.240 e. The molecule has 0 aliphatic carbocycles. The minimum atomic E-state index is -3.57. The second kappa shape index (κ2) is 8.29. The standard InChI is InChI=1S/C18H22ClN3O2S/c19-16-6-8-17(9-7-16)25(23,24)21-14-18(15-4-2-1-3-5-15)22-12-10-20-11-13-22/h1-9,18,20-21H,10-14H2/t18-/m0/s1. The van der Waals surface area contributed by atoms with E-state index < -0.39 is 10.0 Å². The first-order valence-corrected chi connectivity index (χ1v) is 10.2. The topological polar surface area (TPSA) is 61.4 Å². The summed E-state index contributed by atoms with van der Waals surface area (Å²) in [6, 6.07) is 16.2. The van der Waals surface area contributed by atoms with Gasteiger partial charge in [-0.15, -0.1) is 0 Å². The molecule has 134 valence electrons. The molecule has 2 N–H and O–H groups in total. The van der Waals surface area contributed by atoms with Crippen molar-refractivity contribution >= 4 is 21.6 Å². The molecule has 1 aliphatic heterocycles. The van der Waals surface area contributed by atoms with Crippen LogP contribution in [0.3, 0.4) is 0 Å². The van der Waals surface area contributed by atoms with Crippen LogP contribution in [0.4, 0.5) is 0 Å². The first-order chi connectivity index (χ1) is 12.1. The molecule has 1 heterocycles. The van der Waals surface area contributed by atoms with Gasteiger partial charge in [-0.05, 0) is 29.8 Å². The zero-order valence-corrected chi connectivity index (χ0v) is 15.4. The van der Waals surface area contributed by atoms with E-state index in [-0.39, 0.29) is 10.9 Å². The number of nitrogens with one attached hydrogen (secondary N) is 2. The van der Waals surface area contributed by atoms with Crippen LogP contribution in [0.15, 0.2) is 59.5 Å². The Morgan fingerprint density at radius 3 is 2.32 bits per heavy atom. The van der Waals surface area contributed by atoms with Crippen LogP contribution in [0, 0.1) is 0 Å². The maximum absolute atomic E-state index is 12.6. The van der Waals surface area contributed by atoms with E-state index >= 15 is 0 Å². The highest BCUT2D eigenvalue weighted by molar-refractivity contribution is 7.89. The highest BCUT2D eigenvalue weighted by Gasteiger charge is 2.24. The molecule has 25 heavy (non-hydrogen) atoms. The smallest absolute Gasteiger partial charge is 0.240 e. The van der Waals surface area contributed by atoms with E-state index in [0.29, 0.717) is 11.6 Å². The fourth-order valence-electron chi connectivity index (χ4n) is 3.01. The molecule has 0 amide bonds. The van der Waals surface area contributed by atoms with Gasteiger partial charge in [-0.3, -0.25) is 4.90 Å². The lowest BCUT2D eigenvalue weighted by Crippen LogP contribution is -2.48. The molecule has 0 aromatic heterocycles. The average Bonchev–Trinajstić information content (AvgIpc) is 2.64. The van der Waals surface area contributed by atoms with Gasteiger partial charge >= 0.3 is 0 Å². The van der Waals surface area contributed by atoms with Crippen LogP contribution in [-0.4, -0.2) is 46.0 Å². The predicted octanol–water partition coefficient (Wildman–Crippen LogP) is 2.26. The van der Waals surface area contributed by atoms with Crippen molar-refractivity contribution in [1.82, 2.24) is 14.9 Å². The summed E-state index contributed by atoms with van der Waals surface area (Å²) in [5.41, 5.74) is 1.11. The molecule has 0 spiro atoms. The number of sulfonamides is 1. The van der Waals surface area contributed by atoms with Gasteiger partial charge in [0.15, 0.2) is 0 Å². The zero-order valence-electron chi connectivity index (χ0n) is 13.9. The third-order valence-corrected chi connectivity index (χ3v) is 6.06. The van der Waals surface area contributed by atoms with Gasteiger partial charge in [0.1, 0.15) is 0 Å². The summed E-state index contributed by atoms with van der Waals surface area (Å²) in [7, 11) is -3.57. The fraction of sp³-hybridized carbons (Fsp3) is 0.333. The lowest BCUT2D eigenvalue weighted by atomic mass is 10.0. The van der Waals surface area contributed by atoms with E-state index in [2.05, 4.69) is 14.9 Å². The normalized spacial score (nSPS) is 17.3. The third-order valence-electron chi connectivity index (χ3n) is 4.37. The Hall–Kier alpha value is -1.44. The van der Waals surface area contributed by atoms with Crippen molar-refractivity contribution in [2.75, 3.05) is 32.7 Å². The second-order valence-electron chi connectivity index (χ2n) is 6.02. The monoisotopic (exact) mass is 379 g/mol. The van der Waals surface area contributed by atoms with Crippen molar-refractivity contribution in [1.29, 1.82) is 0 Å². The van der Waals surface area contributed by atoms with Crippen molar-refractivity contribution in [2.24, 2.45) is 0 Å². The quantitative estimate of drug-likeness (QED) is 0.808. The largest absolute Gasteiger partial charge is 0.314 e. The minimum Gasteiger partial charge on any atom is -0.314 e. The van der Waals surface area contributed by atoms with Crippen molar-refractivity contribution in [3.8, 4) is 0 Å². The first kappa shape index (κ1) is 18.4. The first-order valence-electron chi connectivity index (χ1n) is 8.31. The number of benzene rings is 2. The van der Waals surface area contributed by atoms with Gasteiger partial charge in [0.05, 0.1) is 4.90 Å². The van der Waals surface area contributed by atoms with E-state index in [1.165, 1.54) is 12.1 Å². The summed E-state index contributed by atoms with van der Waals surface area (Å²) in [5.74, 6) is 0. The zero-order chi connectivity index (χ0) is 17.7. The maximum atomic E-state index is 12.6. The van der Waals surface area contributed by atoms with Crippen LogP contribution in [0.2, 0.25) is 5.02 Å². The molecule has 2 aromatic carbocycles. The van der Waals surface area contributed by atoms with Crippen LogP contribution >= 0.6 is 11.6 Å². The lowest BCUT2D eigenvalue weighted by Gasteiger charge is -2.35. The van der Waals surface area contributed by atoms with Crippen LogP contribution in [0.25, 0.3) is 0 Å². The van der Waals surface area contributed by atoms with Gasteiger partial charge in [0.2, 0.25) is 10.0 Å². The van der Waals surface area contributed by atoms with Crippen molar-refractivity contribution < 1.29 is 8.42 Å². The van der Waals surface area contributed by atoms with E-state index in [1.807, 2.05) is 30.3 Å². The molecular formula is C18H22ClN3O2S. The number of rotatable bonds is 6. The predicted molar refractivity (Wildman–Crippen MR) is 100 cm³/mol. The van der Waals surface area contributed by atoms with Crippen molar-refractivity contribution in [3.05, 3.63) is 65.2 Å². The van der Waals surface area contributed by atoms with Gasteiger partial charge in [0, 0.05) is 43.8 Å². The van der Waals surface area contributed by atoms with Gasteiger partial charge in [0.25, 0.3) is 0 Å². The van der Waals surface area contributed by atoms with Crippen LogP contribution < -0.4 is 10.0 Å². The highest BCUT2D eigenvalue weighted by atomic mass is 35.5. The molecule has 0 radical (unpaired) electrons. The van der Waals surface area contributed by atoms with Gasteiger partial charge in [-0.1, -0.05) is 41.9 Å². The molecule has 3 rings (SSSR count). The van der Waals surface area contributed by atoms with Crippen LogP contribution in [0.5, 0.6) is 0 Å². The Morgan fingerprint density at radius 2 is 1.68 bits per heavy atom. The lowest BCUT2D eigenvalue weighted by molar-refractivity contribution is 0.175. The third kappa shape index (κ3) is 4.80. The molecule has 0 saturated carbocycles. The number of halogens is 1. The Morgan fingerprint density at radius 1 is 1.04 bits per heavy atom. The second-order valence-corrected chi connectivity index (χ2v) is 8.22. The van der Waals surface area contributed by atoms with Gasteiger partial charge < -0.3 is 5.32 Å². The number of hydrogen-bond acceptors (Lipinski definition) is 4. The molecule has 5 nitrogen and oxygen atoms in total. The summed E-state index contributed by atoms with van der Waals surface area (Å²) in [4.78, 5) is 2.54.